The van der Waals surface area contributed by atoms with E-state index in [1.165, 1.54) is 27.4 Å². The molecule has 0 saturated carbocycles. The van der Waals surface area contributed by atoms with Crippen LogP contribution in [0.5, 0.6) is 17.2 Å². The predicted molar refractivity (Wildman–Crippen MR) is 95.0 cm³/mol. The number of benzene rings is 1. The molecule has 0 N–H and O–H groups in total. The summed E-state index contributed by atoms with van der Waals surface area (Å²) in [4.78, 5) is 11.8. The molecule has 0 saturated heterocycles. The molecule has 1 aromatic carbocycles. The SMILES string of the molecule is CCOC(C)OCC#CC(=O)/C=C/c1cc(OC)c(OC)c(OC)c1. The average Bonchev–Trinajstić information content (AvgIpc) is 2.62. The molecule has 0 heterocycles. The van der Waals surface area contributed by atoms with Crippen molar-refractivity contribution in [2.24, 2.45) is 0 Å². The van der Waals surface area contributed by atoms with Crippen molar-refractivity contribution in [3.63, 3.8) is 0 Å². The van der Waals surface area contributed by atoms with Crippen LogP contribution >= 0.6 is 0 Å². The summed E-state index contributed by atoms with van der Waals surface area (Å²) in [7, 11) is 4.60. The molecule has 0 radical (unpaired) electrons. The third-order valence-corrected chi connectivity index (χ3v) is 3.12. The van der Waals surface area contributed by atoms with Crippen molar-refractivity contribution >= 4 is 11.9 Å². The zero-order valence-corrected chi connectivity index (χ0v) is 15.3. The second-order valence-corrected chi connectivity index (χ2v) is 4.79. The van der Waals surface area contributed by atoms with E-state index in [4.69, 9.17) is 23.7 Å². The first kappa shape index (κ1) is 20.6. The lowest BCUT2D eigenvalue weighted by molar-refractivity contribution is -0.117. The van der Waals surface area contributed by atoms with E-state index in [1.54, 1.807) is 25.1 Å². The summed E-state index contributed by atoms with van der Waals surface area (Å²) in [5.41, 5.74) is 0.728. The minimum Gasteiger partial charge on any atom is -0.493 e. The van der Waals surface area contributed by atoms with Gasteiger partial charge < -0.3 is 23.7 Å². The summed E-state index contributed by atoms with van der Waals surface area (Å²) >= 11 is 0. The molecule has 0 aliphatic rings. The topological polar surface area (TPSA) is 63.2 Å². The Kier molecular flexibility index (Phi) is 9.15. The monoisotopic (exact) mass is 348 g/mol. The van der Waals surface area contributed by atoms with E-state index in [0.717, 1.165) is 5.56 Å². The molecule has 0 bridgehead atoms. The highest BCUT2D eigenvalue weighted by Gasteiger charge is 2.12. The van der Waals surface area contributed by atoms with Crippen LogP contribution in [-0.2, 0) is 14.3 Å². The van der Waals surface area contributed by atoms with Crippen molar-refractivity contribution in [2.75, 3.05) is 34.5 Å². The molecule has 1 rings (SSSR count). The lowest BCUT2D eigenvalue weighted by Gasteiger charge is -2.12. The van der Waals surface area contributed by atoms with Gasteiger partial charge in [0.15, 0.2) is 17.8 Å². The first-order chi connectivity index (χ1) is 12.0. The van der Waals surface area contributed by atoms with Crippen LogP contribution in [0.15, 0.2) is 18.2 Å². The van der Waals surface area contributed by atoms with E-state index in [1.807, 2.05) is 6.92 Å². The van der Waals surface area contributed by atoms with Crippen molar-refractivity contribution in [1.82, 2.24) is 0 Å². The van der Waals surface area contributed by atoms with Crippen LogP contribution in [-0.4, -0.2) is 46.6 Å². The van der Waals surface area contributed by atoms with Gasteiger partial charge in [-0.15, -0.1) is 0 Å². The zero-order chi connectivity index (χ0) is 18.7. The largest absolute Gasteiger partial charge is 0.493 e. The Balaban J connectivity index is 2.74. The van der Waals surface area contributed by atoms with Gasteiger partial charge in [-0.3, -0.25) is 4.79 Å². The highest BCUT2D eigenvalue weighted by Crippen LogP contribution is 2.38. The van der Waals surface area contributed by atoms with Crippen LogP contribution in [0.3, 0.4) is 0 Å². The number of hydrogen-bond acceptors (Lipinski definition) is 6. The molecule has 136 valence electrons. The summed E-state index contributed by atoms with van der Waals surface area (Å²) in [6, 6.07) is 3.48. The van der Waals surface area contributed by atoms with Crippen LogP contribution < -0.4 is 14.2 Å². The Morgan fingerprint density at radius 1 is 1.12 bits per heavy atom. The van der Waals surface area contributed by atoms with Crippen LogP contribution in [0.2, 0.25) is 0 Å². The number of ketones is 1. The van der Waals surface area contributed by atoms with Crippen molar-refractivity contribution in [1.29, 1.82) is 0 Å². The van der Waals surface area contributed by atoms with Gasteiger partial charge in [-0.25, -0.2) is 0 Å². The van der Waals surface area contributed by atoms with E-state index in [-0.39, 0.29) is 18.7 Å². The summed E-state index contributed by atoms with van der Waals surface area (Å²) in [6.07, 6.45) is 2.66. The quantitative estimate of drug-likeness (QED) is 0.296. The van der Waals surface area contributed by atoms with Crippen molar-refractivity contribution in [3.05, 3.63) is 23.8 Å². The first-order valence-corrected chi connectivity index (χ1v) is 7.79. The molecule has 25 heavy (non-hydrogen) atoms. The lowest BCUT2D eigenvalue weighted by atomic mass is 10.1. The van der Waals surface area contributed by atoms with Crippen molar-refractivity contribution < 1.29 is 28.5 Å². The predicted octanol–water partition coefficient (Wildman–Crippen LogP) is 2.70. The van der Waals surface area contributed by atoms with Gasteiger partial charge in [0.1, 0.15) is 6.61 Å². The van der Waals surface area contributed by atoms with Gasteiger partial charge in [0.2, 0.25) is 11.5 Å². The molecule has 1 aromatic rings. The molecule has 0 aliphatic heterocycles. The maximum atomic E-state index is 11.8. The molecule has 1 atom stereocenters. The highest BCUT2D eigenvalue weighted by molar-refractivity contribution is 6.06. The molecule has 0 aromatic heterocycles. The second-order valence-electron chi connectivity index (χ2n) is 4.79. The minimum absolute atomic E-state index is 0.130. The fourth-order valence-corrected chi connectivity index (χ4v) is 1.98. The smallest absolute Gasteiger partial charge is 0.228 e. The average molecular weight is 348 g/mol. The van der Waals surface area contributed by atoms with E-state index in [2.05, 4.69) is 11.8 Å². The highest BCUT2D eigenvalue weighted by atomic mass is 16.7. The van der Waals surface area contributed by atoms with Gasteiger partial charge in [-0.1, -0.05) is 12.0 Å². The number of rotatable bonds is 9. The van der Waals surface area contributed by atoms with E-state index in [0.29, 0.717) is 23.9 Å². The van der Waals surface area contributed by atoms with Gasteiger partial charge >= 0.3 is 0 Å². The number of ether oxygens (including phenoxy) is 5. The molecular formula is C19H24O6. The molecule has 6 heteroatoms. The van der Waals surface area contributed by atoms with Gasteiger partial charge in [0.05, 0.1) is 21.3 Å². The van der Waals surface area contributed by atoms with Crippen molar-refractivity contribution in [3.8, 4) is 29.1 Å². The second kappa shape index (κ2) is 11.1. The summed E-state index contributed by atoms with van der Waals surface area (Å²) in [5.74, 6) is 6.33. The molecule has 0 spiro atoms. The molecular weight excluding hydrogens is 324 g/mol. The van der Waals surface area contributed by atoms with Crippen LogP contribution in [0, 0.1) is 11.8 Å². The normalized spacial score (nSPS) is 11.6. The number of carbonyl (C=O) groups excluding carboxylic acids is 1. The fourth-order valence-electron chi connectivity index (χ4n) is 1.98. The Hall–Kier alpha value is -2.49. The van der Waals surface area contributed by atoms with E-state index in [9.17, 15) is 4.79 Å². The van der Waals surface area contributed by atoms with Crippen molar-refractivity contribution in [2.45, 2.75) is 20.1 Å². The van der Waals surface area contributed by atoms with Gasteiger partial charge in [-0.05, 0) is 43.5 Å². The zero-order valence-electron chi connectivity index (χ0n) is 15.3. The molecule has 0 aliphatic carbocycles. The van der Waals surface area contributed by atoms with Crippen LogP contribution in [0.4, 0.5) is 0 Å². The maximum absolute atomic E-state index is 11.8. The third kappa shape index (κ3) is 6.87. The Morgan fingerprint density at radius 3 is 2.28 bits per heavy atom. The van der Waals surface area contributed by atoms with Gasteiger partial charge in [0.25, 0.3) is 0 Å². The Morgan fingerprint density at radius 2 is 1.76 bits per heavy atom. The molecule has 0 fully saturated rings. The summed E-state index contributed by atoms with van der Waals surface area (Å²) in [6.45, 7) is 4.34. The Labute approximate surface area is 148 Å². The lowest BCUT2D eigenvalue weighted by Crippen LogP contribution is -2.12. The fraction of sp³-hybridized carbons (Fsp3) is 0.421. The molecule has 1 unspecified atom stereocenters. The standard InChI is InChI=1S/C19H24O6/c1-6-24-14(2)25-11-7-8-16(20)10-9-15-12-17(21-3)19(23-5)18(13-15)22-4/h9-10,12-14H,6,11H2,1-5H3/b10-9+. The minimum atomic E-state index is -0.343. The summed E-state index contributed by atoms with van der Waals surface area (Å²) < 4.78 is 26.2. The van der Waals surface area contributed by atoms with Crippen LogP contribution in [0.25, 0.3) is 6.08 Å². The molecule has 0 amide bonds. The van der Waals surface area contributed by atoms with Crippen LogP contribution in [0.1, 0.15) is 19.4 Å². The summed E-state index contributed by atoms with van der Waals surface area (Å²) in [5, 5.41) is 0. The number of methoxy groups -OCH3 is 3. The maximum Gasteiger partial charge on any atom is 0.228 e. The van der Waals surface area contributed by atoms with E-state index >= 15 is 0 Å². The number of carbonyl (C=O) groups is 1. The van der Waals surface area contributed by atoms with Gasteiger partial charge in [0, 0.05) is 6.61 Å². The number of hydrogen-bond donors (Lipinski definition) is 0. The van der Waals surface area contributed by atoms with E-state index < -0.39 is 0 Å². The first-order valence-electron chi connectivity index (χ1n) is 7.79. The Bertz CT molecular complexity index is 629. The van der Waals surface area contributed by atoms with Gasteiger partial charge in [-0.2, -0.15) is 0 Å². The third-order valence-electron chi connectivity index (χ3n) is 3.12. The number of allylic oxidation sites excluding steroid dienone is 1. The molecule has 6 nitrogen and oxygen atoms in total.